The van der Waals surface area contributed by atoms with Gasteiger partial charge in [-0.2, -0.15) is 0 Å². The lowest BCUT2D eigenvalue weighted by molar-refractivity contribution is 0.0948. The lowest BCUT2D eigenvalue weighted by Crippen LogP contribution is -2.48. The second kappa shape index (κ2) is 8.80. The number of amides is 1. The summed E-state index contributed by atoms with van der Waals surface area (Å²) in [4.78, 5) is 21.7. The van der Waals surface area contributed by atoms with Crippen LogP contribution in [0.15, 0.2) is 42.5 Å². The monoisotopic (exact) mass is 410 g/mol. The number of methoxy groups -OCH3 is 1. The van der Waals surface area contributed by atoms with Crippen LogP contribution < -0.4 is 15.0 Å². The Labute approximate surface area is 175 Å². The van der Waals surface area contributed by atoms with Crippen molar-refractivity contribution in [3.05, 3.63) is 53.6 Å². The topological polar surface area (TPSA) is 57.7 Å². The summed E-state index contributed by atoms with van der Waals surface area (Å²) < 4.78 is 6.68. The summed E-state index contributed by atoms with van der Waals surface area (Å²) in [7, 11) is 1.69. The van der Waals surface area contributed by atoms with Crippen molar-refractivity contribution in [3.63, 3.8) is 0 Å². The molecule has 2 heterocycles. The van der Waals surface area contributed by atoms with E-state index in [9.17, 15) is 4.79 Å². The van der Waals surface area contributed by atoms with Crippen LogP contribution in [0.2, 0.25) is 0 Å². The molecule has 1 aliphatic heterocycles. The van der Waals surface area contributed by atoms with Crippen molar-refractivity contribution >= 4 is 32.6 Å². The molecule has 1 aromatic heterocycles. The SMILES string of the molecule is COc1ccc(C)c2sc(N3CCN(CCNC(=O)c4ccccc4)CC3)nc12. The van der Waals surface area contributed by atoms with Crippen molar-refractivity contribution in [3.8, 4) is 5.75 Å². The number of carbonyl (C=O) groups is 1. The Balaban J connectivity index is 1.30. The van der Waals surface area contributed by atoms with Crippen LogP contribution in [0.25, 0.3) is 10.2 Å². The van der Waals surface area contributed by atoms with Crippen molar-refractivity contribution < 1.29 is 9.53 Å². The highest BCUT2D eigenvalue weighted by Crippen LogP contribution is 2.36. The molecule has 3 aromatic rings. The number of aromatic nitrogens is 1. The average molecular weight is 411 g/mol. The van der Waals surface area contributed by atoms with Gasteiger partial charge in [0.25, 0.3) is 5.91 Å². The van der Waals surface area contributed by atoms with E-state index in [4.69, 9.17) is 9.72 Å². The highest BCUT2D eigenvalue weighted by atomic mass is 32.1. The molecular weight excluding hydrogens is 384 g/mol. The molecule has 0 bridgehead atoms. The standard InChI is InChI=1S/C22H26N4O2S/c1-16-8-9-18(28-2)19-20(16)29-22(24-19)26-14-12-25(13-15-26)11-10-23-21(27)17-6-4-3-5-7-17/h3-9H,10-15H2,1-2H3,(H,23,27). The van der Waals surface area contributed by atoms with Crippen molar-refractivity contribution in [2.75, 3.05) is 51.3 Å². The van der Waals surface area contributed by atoms with Gasteiger partial charge in [0.05, 0.1) is 11.8 Å². The Morgan fingerprint density at radius 2 is 1.90 bits per heavy atom. The van der Waals surface area contributed by atoms with E-state index in [1.165, 1.54) is 10.3 Å². The molecule has 0 aliphatic carbocycles. The van der Waals surface area contributed by atoms with E-state index in [0.717, 1.165) is 49.1 Å². The van der Waals surface area contributed by atoms with Gasteiger partial charge >= 0.3 is 0 Å². The van der Waals surface area contributed by atoms with E-state index in [0.29, 0.717) is 12.1 Å². The fraction of sp³-hybridized carbons (Fsp3) is 0.364. The van der Waals surface area contributed by atoms with Crippen LogP contribution in [0.3, 0.4) is 0 Å². The number of benzene rings is 2. The van der Waals surface area contributed by atoms with E-state index < -0.39 is 0 Å². The van der Waals surface area contributed by atoms with Crippen LogP contribution in [0.1, 0.15) is 15.9 Å². The summed E-state index contributed by atoms with van der Waals surface area (Å²) in [6.07, 6.45) is 0. The number of anilines is 1. The van der Waals surface area contributed by atoms with Crippen LogP contribution in [0.5, 0.6) is 5.75 Å². The number of rotatable bonds is 6. The fourth-order valence-corrected chi connectivity index (χ4v) is 4.68. The third kappa shape index (κ3) is 4.36. The van der Waals surface area contributed by atoms with Crippen LogP contribution >= 0.6 is 11.3 Å². The van der Waals surface area contributed by atoms with E-state index in [1.807, 2.05) is 36.4 Å². The van der Waals surface area contributed by atoms with Crippen LogP contribution in [0.4, 0.5) is 5.13 Å². The molecule has 2 aromatic carbocycles. The molecule has 1 aliphatic rings. The van der Waals surface area contributed by atoms with Crippen molar-refractivity contribution in [1.82, 2.24) is 15.2 Å². The Kier molecular flexibility index (Phi) is 5.97. The van der Waals surface area contributed by atoms with E-state index in [1.54, 1.807) is 18.4 Å². The molecule has 1 N–H and O–H groups in total. The minimum atomic E-state index is -0.0111. The maximum atomic E-state index is 12.1. The van der Waals surface area contributed by atoms with Gasteiger partial charge in [0.1, 0.15) is 11.3 Å². The maximum Gasteiger partial charge on any atom is 0.251 e. The van der Waals surface area contributed by atoms with Gasteiger partial charge in [0, 0.05) is 44.8 Å². The van der Waals surface area contributed by atoms with Gasteiger partial charge in [-0.25, -0.2) is 4.98 Å². The van der Waals surface area contributed by atoms with E-state index in [2.05, 4.69) is 28.1 Å². The molecule has 1 fully saturated rings. The van der Waals surface area contributed by atoms with Gasteiger partial charge in [0.2, 0.25) is 0 Å². The highest BCUT2D eigenvalue weighted by Gasteiger charge is 2.21. The first-order chi connectivity index (χ1) is 14.2. The first-order valence-corrected chi connectivity index (χ1v) is 10.7. The number of aryl methyl sites for hydroxylation is 1. The number of fused-ring (bicyclic) bond motifs is 1. The summed E-state index contributed by atoms with van der Waals surface area (Å²) in [6.45, 7) is 7.44. The second-order valence-corrected chi connectivity index (χ2v) is 8.19. The summed E-state index contributed by atoms with van der Waals surface area (Å²) in [5.41, 5.74) is 2.90. The third-order valence-corrected chi connectivity index (χ3v) is 6.56. The Bertz CT molecular complexity index is 981. The van der Waals surface area contributed by atoms with E-state index in [-0.39, 0.29) is 5.91 Å². The quantitative estimate of drug-likeness (QED) is 0.677. The molecule has 152 valence electrons. The summed E-state index contributed by atoms with van der Waals surface area (Å²) in [5.74, 6) is 0.823. The molecule has 4 rings (SSSR count). The Morgan fingerprint density at radius 1 is 1.14 bits per heavy atom. The lowest BCUT2D eigenvalue weighted by Gasteiger charge is -2.34. The zero-order valence-corrected chi connectivity index (χ0v) is 17.7. The average Bonchev–Trinajstić information content (AvgIpc) is 3.21. The number of carbonyl (C=O) groups excluding carboxylic acids is 1. The Hall–Kier alpha value is -2.64. The van der Waals surface area contributed by atoms with Crippen molar-refractivity contribution in [2.45, 2.75) is 6.92 Å². The van der Waals surface area contributed by atoms with Gasteiger partial charge < -0.3 is 15.0 Å². The van der Waals surface area contributed by atoms with Gasteiger partial charge in [-0.15, -0.1) is 0 Å². The van der Waals surface area contributed by atoms with Crippen molar-refractivity contribution in [1.29, 1.82) is 0 Å². The molecular formula is C22H26N4O2S. The van der Waals surface area contributed by atoms with Crippen molar-refractivity contribution in [2.24, 2.45) is 0 Å². The third-order valence-electron chi connectivity index (χ3n) is 5.30. The number of thiazole rings is 1. The molecule has 0 radical (unpaired) electrons. The minimum Gasteiger partial charge on any atom is -0.494 e. The first kappa shape index (κ1) is 19.7. The van der Waals surface area contributed by atoms with Gasteiger partial charge in [-0.1, -0.05) is 35.6 Å². The summed E-state index contributed by atoms with van der Waals surface area (Å²) >= 11 is 1.74. The van der Waals surface area contributed by atoms with Crippen LogP contribution in [-0.2, 0) is 0 Å². The van der Waals surface area contributed by atoms with Crippen LogP contribution in [-0.4, -0.2) is 62.2 Å². The number of nitrogens with one attached hydrogen (secondary N) is 1. The van der Waals surface area contributed by atoms with Gasteiger partial charge in [-0.05, 0) is 30.7 Å². The summed E-state index contributed by atoms with van der Waals surface area (Å²) in [6, 6.07) is 13.4. The molecule has 0 unspecified atom stereocenters. The van der Waals surface area contributed by atoms with Gasteiger partial charge in [0.15, 0.2) is 5.13 Å². The van der Waals surface area contributed by atoms with E-state index >= 15 is 0 Å². The molecule has 0 spiro atoms. The second-order valence-electron chi connectivity index (χ2n) is 7.21. The molecule has 7 heteroatoms. The zero-order valence-electron chi connectivity index (χ0n) is 16.9. The largest absolute Gasteiger partial charge is 0.494 e. The smallest absolute Gasteiger partial charge is 0.251 e. The zero-order chi connectivity index (χ0) is 20.2. The number of nitrogens with zero attached hydrogens (tertiary/aromatic N) is 3. The first-order valence-electron chi connectivity index (χ1n) is 9.90. The molecule has 29 heavy (non-hydrogen) atoms. The number of piperazine rings is 1. The minimum absolute atomic E-state index is 0.0111. The molecule has 6 nitrogen and oxygen atoms in total. The van der Waals surface area contributed by atoms with Crippen LogP contribution in [0, 0.1) is 6.92 Å². The lowest BCUT2D eigenvalue weighted by atomic mass is 10.2. The molecule has 1 amide bonds. The predicted molar refractivity (Wildman–Crippen MR) is 118 cm³/mol. The molecule has 1 saturated heterocycles. The highest BCUT2D eigenvalue weighted by molar-refractivity contribution is 7.22. The van der Waals surface area contributed by atoms with Gasteiger partial charge in [-0.3, -0.25) is 9.69 Å². The number of hydrogen-bond acceptors (Lipinski definition) is 6. The molecule has 0 saturated carbocycles. The summed E-state index contributed by atoms with van der Waals surface area (Å²) in [5, 5.41) is 4.07. The number of hydrogen-bond donors (Lipinski definition) is 1. The molecule has 0 atom stereocenters. The Morgan fingerprint density at radius 3 is 2.62 bits per heavy atom. The normalized spacial score (nSPS) is 14.9. The number of ether oxygens (including phenoxy) is 1. The predicted octanol–water partition coefficient (Wildman–Crippen LogP) is 3.17. The maximum absolute atomic E-state index is 12.1. The fourth-order valence-electron chi connectivity index (χ4n) is 3.58.